The molecule has 0 aromatic carbocycles. The number of rotatable bonds is 7. The largest absolute Gasteiger partial charge is 0.481 e. The molecule has 0 heterocycles. The van der Waals surface area contributed by atoms with Crippen molar-refractivity contribution in [3.8, 4) is 0 Å². The van der Waals surface area contributed by atoms with Crippen LogP contribution in [0.4, 0.5) is 0 Å². The number of esters is 1. The third-order valence-corrected chi connectivity index (χ3v) is 3.22. The van der Waals surface area contributed by atoms with Crippen molar-refractivity contribution in [3.05, 3.63) is 12.3 Å². The van der Waals surface area contributed by atoms with E-state index in [-0.39, 0.29) is 12.4 Å². The first kappa shape index (κ1) is 14.7. The highest BCUT2D eigenvalue weighted by molar-refractivity contribution is 5.70. The van der Waals surface area contributed by atoms with E-state index in [1.807, 2.05) is 6.08 Å². The lowest BCUT2D eigenvalue weighted by molar-refractivity contribution is -0.139. The number of ether oxygens (including phenoxy) is 1. The smallest absolute Gasteiger partial charge is 0.310 e. The number of carbonyl (C=O) groups is 2. The van der Waals surface area contributed by atoms with Gasteiger partial charge >= 0.3 is 11.9 Å². The van der Waals surface area contributed by atoms with E-state index in [0.717, 1.165) is 0 Å². The van der Waals surface area contributed by atoms with Crippen LogP contribution >= 0.6 is 0 Å². The molecule has 0 bridgehead atoms. The van der Waals surface area contributed by atoms with Crippen molar-refractivity contribution in [2.24, 2.45) is 5.92 Å². The fourth-order valence-corrected chi connectivity index (χ4v) is 2.16. The Bertz CT molecular complexity index is 290. The molecule has 0 radical (unpaired) electrons. The number of carboxylic acids is 1. The summed E-state index contributed by atoms with van der Waals surface area (Å²) in [6, 6.07) is 0. The van der Waals surface area contributed by atoms with Crippen LogP contribution in [0.5, 0.6) is 0 Å². The van der Waals surface area contributed by atoms with Crippen LogP contribution in [0.2, 0.25) is 0 Å². The molecular weight excluding hydrogens is 232 g/mol. The minimum Gasteiger partial charge on any atom is -0.481 e. The minimum atomic E-state index is -0.819. The van der Waals surface area contributed by atoms with Crippen molar-refractivity contribution in [2.75, 3.05) is 0 Å². The SMILES string of the molecule is O=C(O)CCCCC(=O)OC=CC1CCCCC1. The highest BCUT2D eigenvalue weighted by Gasteiger charge is 2.10. The highest BCUT2D eigenvalue weighted by atomic mass is 16.5. The van der Waals surface area contributed by atoms with E-state index in [2.05, 4.69) is 0 Å². The topological polar surface area (TPSA) is 63.6 Å². The first-order valence-corrected chi connectivity index (χ1v) is 6.76. The molecule has 1 aliphatic rings. The summed E-state index contributed by atoms with van der Waals surface area (Å²) in [7, 11) is 0. The van der Waals surface area contributed by atoms with Crippen LogP contribution in [0.15, 0.2) is 12.3 Å². The number of hydrogen-bond acceptors (Lipinski definition) is 3. The maximum atomic E-state index is 11.3. The average molecular weight is 254 g/mol. The van der Waals surface area contributed by atoms with Crippen LogP contribution < -0.4 is 0 Å². The summed E-state index contributed by atoms with van der Waals surface area (Å²) in [5, 5.41) is 8.44. The van der Waals surface area contributed by atoms with Crippen molar-refractivity contribution in [1.29, 1.82) is 0 Å². The van der Waals surface area contributed by atoms with Gasteiger partial charge in [-0.3, -0.25) is 9.59 Å². The zero-order valence-electron chi connectivity index (χ0n) is 10.8. The van der Waals surface area contributed by atoms with Crippen LogP contribution in [0.1, 0.15) is 57.8 Å². The number of carboxylic acid groups (broad SMARTS) is 1. The van der Waals surface area contributed by atoms with E-state index < -0.39 is 5.97 Å². The molecule has 1 saturated carbocycles. The van der Waals surface area contributed by atoms with E-state index >= 15 is 0 Å². The van der Waals surface area contributed by atoms with Crippen molar-refractivity contribution < 1.29 is 19.4 Å². The van der Waals surface area contributed by atoms with E-state index in [9.17, 15) is 9.59 Å². The van der Waals surface area contributed by atoms with Crippen LogP contribution in [-0.2, 0) is 14.3 Å². The van der Waals surface area contributed by atoms with Gasteiger partial charge in [0.2, 0.25) is 0 Å². The summed E-state index contributed by atoms with van der Waals surface area (Å²) < 4.78 is 4.98. The molecule has 0 unspecified atom stereocenters. The summed E-state index contributed by atoms with van der Waals surface area (Å²) >= 11 is 0. The Labute approximate surface area is 108 Å². The molecule has 4 heteroatoms. The summed E-state index contributed by atoms with van der Waals surface area (Å²) in [6.45, 7) is 0. The minimum absolute atomic E-state index is 0.116. The highest BCUT2D eigenvalue weighted by Crippen LogP contribution is 2.24. The number of unbranched alkanes of at least 4 members (excludes halogenated alkanes) is 1. The number of allylic oxidation sites excluding steroid dienone is 1. The molecule has 1 rings (SSSR count). The first-order valence-electron chi connectivity index (χ1n) is 6.76. The lowest BCUT2D eigenvalue weighted by atomic mass is 9.89. The van der Waals surface area contributed by atoms with Crippen molar-refractivity contribution >= 4 is 11.9 Å². The van der Waals surface area contributed by atoms with Gasteiger partial charge in [0.15, 0.2) is 0 Å². The fraction of sp³-hybridized carbons (Fsp3) is 0.714. The van der Waals surface area contributed by atoms with Gasteiger partial charge in [-0.1, -0.05) is 19.3 Å². The molecule has 1 N–H and O–H groups in total. The molecule has 0 aromatic rings. The van der Waals surface area contributed by atoms with Gasteiger partial charge in [-0.05, 0) is 37.7 Å². The Hall–Kier alpha value is -1.32. The molecule has 0 atom stereocenters. The van der Waals surface area contributed by atoms with E-state index in [1.54, 1.807) is 0 Å². The molecule has 0 amide bonds. The Kier molecular flexibility index (Phi) is 7.14. The van der Waals surface area contributed by atoms with Gasteiger partial charge < -0.3 is 9.84 Å². The summed E-state index contributed by atoms with van der Waals surface area (Å²) in [5.41, 5.74) is 0. The molecular formula is C14H22O4. The summed E-state index contributed by atoms with van der Waals surface area (Å²) in [4.78, 5) is 21.6. The molecule has 102 valence electrons. The van der Waals surface area contributed by atoms with E-state index in [1.165, 1.54) is 38.4 Å². The monoisotopic (exact) mass is 254 g/mol. The second kappa shape index (κ2) is 8.72. The zero-order chi connectivity index (χ0) is 13.2. The molecule has 1 aliphatic carbocycles. The Morgan fingerprint density at radius 2 is 1.78 bits per heavy atom. The molecule has 0 aliphatic heterocycles. The predicted molar refractivity (Wildman–Crippen MR) is 67.9 cm³/mol. The average Bonchev–Trinajstić information content (AvgIpc) is 2.36. The van der Waals surface area contributed by atoms with Crippen LogP contribution in [0.3, 0.4) is 0 Å². The summed E-state index contributed by atoms with van der Waals surface area (Å²) in [6.07, 6.45) is 11.2. The Morgan fingerprint density at radius 3 is 2.44 bits per heavy atom. The van der Waals surface area contributed by atoms with Crippen LogP contribution in [-0.4, -0.2) is 17.0 Å². The number of aliphatic carboxylic acids is 1. The van der Waals surface area contributed by atoms with Gasteiger partial charge in [-0.2, -0.15) is 0 Å². The van der Waals surface area contributed by atoms with Gasteiger partial charge in [0.25, 0.3) is 0 Å². The predicted octanol–water partition coefficient (Wildman–Crippen LogP) is 3.27. The lowest BCUT2D eigenvalue weighted by Crippen LogP contribution is -2.04. The normalized spacial score (nSPS) is 16.9. The zero-order valence-corrected chi connectivity index (χ0v) is 10.8. The van der Waals surface area contributed by atoms with Crippen LogP contribution in [0.25, 0.3) is 0 Å². The van der Waals surface area contributed by atoms with Gasteiger partial charge in [0.1, 0.15) is 0 Å². The second-order valence-electron chi connectivity index (χ2n) is 4.82. The third-order valence-electron chi connectivity index (χ3n) is 3.22. The lowest BCUT2D eigenvalue weighted by Gasteiger charge is -2.17. The van der Waals surface area contributed by atoms with Crippen molar-refractivity contribution in [3.63, 3.8) is 0 Å². The fourth-order valence-electron chi connectivity index (χ4n) is 2.16. The van der Waals surface area contributed by atoms with Gasteiger partial charge in [0.05, 0.1) is 6.26 Å². The molecule has 1 fully saturated rings. The number of carbonyl (C=O) groups excluding carboxylic acids is 1. The van der Waals surface area contributed by atoms with E-state index in [0.29, 0.717) is 25.2 Å². The van der Waals surface area contributed by atoms with Crippen molar-refractivity contribution in [1.82, 2.24) is 0 Å². The first-order chi connectivity index (χ1) is 8.68. The number of hydrogen-bond donors (Lipinski definition) is 1. The molecule has 18 heavy (non-hydrogen) atoms. The molecule has 0 aromatic heterocycles. The molecule has 0 saturated heterocycles. The summed E-state index contributed by atoms with van der Waals surface area (Å²) in [5.74, 6) is -0.536. The maximum Gasteiger partial charge on any atom is 0.310 e. The maximum absolute atomic E-state index is 11.3. The van der Waals surface area contributed by atoms with Gasteiger partial charge in [0, 0.05) is 12.8 Å². The quantitative estimate of drug-likeness (QED) is 0.430. The van der Waals surface area contributed by atoms with Crippen molar-refractivity contribution in [2.45, 2.75) is 57.8 Å². The van der Waals surface area contributed by atoms with Crippen LogP contribution in [0, 0.1) is 5.92 Å². The molecule has 4 nitrogen and oxygen atoms in total. The Balaban J connectivity index is 2.05. The van der Waals surface area contributed by atoms with Gasteiger partial charge in [-0.25, -0.2) is 0 Å². The van der Waals surface area contributed by atoms with Gasteiger partial charge in [-0.15, -0.1) is 0 Å². The second-order valence-corrected chi connectivity index (χ2v) is 4.82. The van der Waals surface area contributed by atoms with E-state index in [4.69, 9.17) is 9.84 Å². The standard InChI is InChI=1S/C14H22O4/c15-13(16)8-4-5-9-14(17)18-11-10-12-6-2-1-3-7-12/h10-12H,1-9H2,(H,15,16). The third kappa shape index (κ3) is 7.09. The molecule has 0 spiro atoms. The Morgan fingerprint density at radius 1 is 1.11 bits per heavy atom.